The summed E-state index contributed by atoms with van der Waals surface area (Å²) in [6.07, 6.45) is 1.15. The highest BCUT2D eigenvalue weighted by atomic mass is 79.9. The van der Waals surface area contributed by atoms with Crippen molar-refractivity contribution < 1.29 is 9.47 Å². The molecule has 1 atom stereocenters. The largest absolute Gasteiger partial charge is 0.350 e. The lowest BCUT2D eigenvalue weighted by Gasteiger charge is -2.17. The Balaban J connectivity index is 2.29. The Labute approximate surface area is 70.0 Å². The Morgan fingerprint density at radius 3 is 2.50 bits per heavy atom. The van der Waals surface area contributed by atoms with Crippen LogP contribution in [0.1, 0.15) is 13.3 Å². The van der Waals surface area contributed by atoms with Crippen LogP contribution >= 0.6 is 15.9 Å². The average molecular weight is 209 g/mol. The van der Waals surface area contributed by atoms with Crippen molar-refractivity contribution in [2.45, 2.75) is 19.6 Å². The molecule has 0 spiro atoms. The fourth-order valence-electron chi connectivity index (χ4n) is 1.02. The van der Waals surface area contributed by atoms with Gasteiger partial charge >= 0.3 is 0 Å². The second-order valence-corrected chi connectivity index (χ2v) is 3.08. The SMILES string of the molecule is CC[C@@H](CBr)C1OCCO1. The summed E-state index contributed by atoms with van der Waals surface area (Å²) in [6.45, 7) is 3.67. The van der Waals surface area contributed by atoms with E-state index in [1.165, 1.54) is 0 Å². The summed E-state index contributed by atoms with van der Waals surface area (Å²) in [7, 11) is 0. The molecule has 0 aliphatic carbocycles. The fourth-order valence-corrected chi connectivity index (χ4v) is 1.79. The van der Waals surface area contributed by atoms with Gasteiger partial charge in [-0.25, -0.2) is 0 Å². The van der Waals surface area contributed by atoms with Gasteiger partial charge in [0.1, 0.15) is 0 Å². The van der Waals surface area contributed by atoms with Gasteiger partial charge in [0.15, 0.2) is 6.29 Å². The zero-order valence-electron chi connectivity index (χ0n) is 6.18. The third kappa shape index (κ3) is 1.94. The molecule has 3 heteroatoms. The van der Waals surface area contributed by atoms with Crippen molar-refractivity contribution in [3.05, 3.63) is 0 Å². The van der Waals surface area contributed by atoms with Crippen molar-refractivity contribution in [1.82, 2.24) is 0 Å². The summed E-state index contributed by atoms with van der Waals surface area (Å²) in [4.78, 5) is 0. The van der Waals surface area contributed by atoms with Gasteiger partial charge in [0.05, 0.1) is 13.2 Å². The number of alkyl halides is 1. The van der Waals surface area contributed by atoms with E-state index in [0.717, 1.165) is 25.0 Å². The first-order chi connectivity index (χ1) is 4.88. The van der Waals surface area contributed by atoms with E-state index in [9.17, 15) is 0 Å². The van der Waals surface area contributed by atoms with Crippen molar-refractivity contribution in [2.75, 3.05) is 18.5 Å². The van der Waals surface area contributed by atoms with Crippen LogP contribution in [-0.2, 0) is 9.47 Å². The molecule has 10 heavy (non-hydrogen) atoms. The molecular formula is C7H13BrO2. The van der Waals surface area contributed by atoms with Gasteiger partial charge in [0.25, 0.3) is 0 Å². The molecule has 0 aromatic carbocycles. The molecule has 0 amide bonds. The van der Waals surface area contributed by atoms with E-state index in [1.807, 2.05) is 0 Å². The van der Waals surface area contributed by atoms with E-state index in [1.54, 1.807) is 0 Å². The van der Waals surface area contributed by atoms with Gasteiger partial charge in [0, 0.05) is 11.2 Å². The summed E-state index contributed by atoms with van der Waals surface area (Å²) in [6, 6.07) is 0. The molecule has 1 aliphatic rings. The molecule has 0 radical (unpaired) electrons. The molecule has 0 aromatic heterocycles. The van der Waals surface area contributed by atoms with E-state index >= 15 is 0 Å². The van der Waals surface area contributed by atoms with Crippen molar-refractivity contribution >= 4 is 15.9 Å². The Hall–Kier alpha value is 0.400. The van der Waals surface area contributed by atoms with Crippen LogP contribution in [0.2, 0.25) is 0 Å². The average Bonchev–Trinajstić information content (AvgIpc) is 2.43. The second kappa shape index (κ2) is 4.31. The van der Waals surface area contributed by atoms with Crippen LogP contribution in [0, 0.1) is 5.92 Å². The minimum Gasteiger partial charge on any atom is -0.350 e. The highest BCUT2D eigenvalue weighted by Gasteiger charge is 2.23. The van der Waals surface area contributed by atoms with E-state index in [-0.39, 0.29) is 6.29 Å². The maximum absolute atomic E-state index is 5.34. The smallest absolute Gasteiger partial charge is 0.161 e. The van der Waals surface area contributed by atoms with Crippen molar-refractivity contribution in [2.24, 2.45) is 5.92 Å². The Bertz CT molecular complexity index is 87.6. The van der Waals surface area contributed by atoms with Crippen molar-refractivity contribution in [1.29, 1.82) is 0 Å². The van der Waals surface area contributed by atoms with Crippen LogP contribution in [0.4, 0.5) is 0 Å². The second-order valence-electron chi connectivity index (χ2n) is 2.43. The first-order valence-corrected chi connectivity index (χ1v) is 4.79. The number of ether oxygens (including phenoxy) is 2. The molecule has 1 fully saturated rings. The van der Waals surface area contributed by atoms with Gasteiger partial charge in [-0.3, -0.25) is 0 Å². The van der Waals surface area contributed by atoms with E-state index in [4.69, 9.17) is 9.47 Å². The van der Waals surface area contributed by atoms with Crippen LogP contribution in [0.15, 0.2) is 0 Å². The van der Waals surface area contributed by atoms with Gasteiger partial charge in [-0.2, -0.15) is 0 Å². The molecule has 1 rings (SSSR count). The van der Waals surface area contributed by atoms with Crippen LogP contribution in [0.5, 0.6) is 0 Å². The van der Waals surface area contributed by atoms with Crippen LogP contribution in [0.3, 0.4) is 0 Å². The molecule has 1 aliphatic heterocycles. The van der Waals surface area contributed by atoms with Gasteiger partial charge in [-0.1, -0.05) is 22.9 Å². The third-order valence-electron chi connectivity index (χ3n) is 1.76. The Morgan fingerprint density at radius 2 is 2.10 bits per heavy atom. The topological polar surface area (TPSA) is 18.5 Å². The third-order valence-corrected chi connectivity index (χ3v) is 2.59. The lowest BCUT2D eigenvalue weighted by atomic mass is 10.1. The lowest BCUT2D eigenvalue weighted by Crippen LogP contribution is -2.21. The zero-order valence-corrected chi connectivity index (χ0v) is 7.76. The first-order valence-electron chi connectivity index (χ1n) is 3.67. The highest BCUT2D eigenvalue weighted by molar-refractivity contribution is 9.09. The number of hydrogen-bond acceptors (Lipinski definition) is 2. The predicted octanol–water partition coefficient (Wildman–Crippen LogP) is 1.78. The van der Waals surface area contributed by atoms with E-state index in [2.05, 4.69) is 22.9 Å². The summed E-state index contributed by atoms with van der Waals surface area (Å²) in [5.41, 5.74) is 0. The van der Waals surface area contributed by atoms with Gasteiger partial charge in [-0.15, -0.1) is 0 Å². The van der Waals surface area contributed by atoms with Crippen molar-refractivity contribution in [3.63, 3.8) is 0 Å². The molecule has 2 nitrogen and oxygen atoms in total. The lowest BCUT2D eigenvalue weighted by molar-refractivity contribution is -0.0773. The van der Waals surface area contributed by atoms with E-state index < -0.39 is 0 Å². The Kier molecular flexibility index (Phi) is 3.66. The number of rotatable bonds is 3. The molecule has 0 N–H and O–H groups in total. The van der Waals surface area contributed by atoms with Gasteiger partial charge in [0.2, 0.25) is 0 Å². The van der Waals surface area contributed by atoms with Crippen LogP contribution in [0.25, 0.3) is 0 Å². The molecule has 60 valence electrons. The number of hydrogen-bond donors (Lipinski definition) is 0. The molecular weight excluding hydrogens is 196 g/mol. The van der Waals surface area contributed by atoms with E-state index in [0.29, 0.717) is 5.92 Å². The molecule has 0 aromatic rings. The summed E-state index contributed by atoms with van der Waals surface area (Å²) in [5.74, 6) is 0.516. The minimum absolute atomic E-state index is 0.0457. The molecule has 0 saturated carbocycles. The maximum atomic E-state index is 5.34. The fraction of sp³-hybridized carbons (Fsp3) is 1.00. The van der Waals surface area contributed by atoms with Crippen LogP contribution < -0.4 is 0 Å². The number of halogens is 1. The van der Waals surface area contributed by atoms with Crippen molar-refractivity contribution in [3.8, 4) is 0 Å². The quantitative estimate of drug-likeness (QED) is 0.659. The molecule has 1 saturated heterocycles. The molecule has 0 bridgehead atoms. The zero-order chi connectivity index (χ0) is 7.40. The monoisotopic (exact) mass is 208 g/mol. The van der Waals surface area contributed by atoms with Crippen LogP contribution in [-0.4, -0.2) is 24.8 Å². The summed E-state index contributed by atoms with van der Waals surface area (Å²) < 4.78 is 10.7. The summed E-state index contributed by atoms with van der Waals surface area (Å²) >= 11 is 3.43. The normalized spacial score (nSPS) is 23.4. The highest BCUT2D eigenvalue weighted by Crippen LogP contribution is 2.19. The minimum atomic E-state index is 0.0457. The summed E-state index contributed by atoms with van der Waals surface area (Å²) in [5, 5.41) is 0.966. The predicted molar refractivity (Wildman–Crippen MR) is 43.3 cm³/mol. The first kappa shape index (κ1) is 8.50. The molecule has 1 heterocycles. The standard InChI is InChI=1S/C7H13BrO2/c1-2-6(5-8)7-9-3-4-10-7/h6-7H,2-5H2,1H3/t6-/m0/s1. The Morgan fingerprint density at radius 1 is 1.50 bits per heavy atom. The van der Waals surface area contributed by atoms with Gasteiger partial charge < -0.3 is 9.47 Å². The molecule has 0 unspecified atom stereocenters. The maximum Gasteiger partial charge on any atom is 0.161 e. The van der Waals surface area contributed by atoms with Gasteiger partial charge in [-0.05, 0) is 6.42 Å².